The number of hydrogen-bond acceptors (Lipinski definition) is 4. The zero-order valence-electron chi connectivity index (χ0n) is 22.1. The van der Waals surface area contributed by atoms with E-state index in [4.69, 9.17) is 9.47 Å². The second-order valence-corrected chi connectivity index (χ2v) is 10.4. The van der Waals surface area contributed by atoms with Crippen molar-refractivity contribution in [2.24, 2.45) is 5.92 Å². The van der Waals surface area contributed by atoms with Gasteiger partial charge < -0.3 is 9.47 Å². The van der Waals surface area contributed by atoms with Crippen molar-refractivity contribution in [3.8, 4) is 11.5 Å². The van der Waals surface area contributed by atoms with E-state index < -0.39 is 0 Å². The smallest absolute Gasteiger partial charge is 0.155 e. The van der Waals surface area contributed by atoms with E-state index >= 15 is 0 Å². The van der Waals surface area contributed by atoms with E-state index in [9.17, 15) is 0 Å². The molecule has 1 unspecified atom stereocenters. The highest BCUT2D eigenvalue weighted by atomic mass is 16.5. The molecule has 4 heteroatoms. The van der Waals surface area contributed by atoms with Crippen LogP contribution in [-0.4, -0.2) is 23.2 Å². The summed E-state index contributed by atoms with van der Waals surface area (Å²) in [6.45, 7) is 3.75. The Hall–Kier alpha value is -2.10. The van der Waals surface area contributed by atoms with Crippen molar-refractivity contribution < 1.29 is 9.47 Å². The molecule has 1 aromatic carbocycles. The van der Waals surface area contributed by atoms with Gasteiger partial charge in [-0.05, 0) is 36.5 Å². The lowest BCUT2D eigenvalue weighted by Gasteiger charge is -2.21. The lowest BCUT2D eigenvalue weighted by molar-refractivity contribution is 0.275. The van der Waals surface area contributed by atoms with Crippen molar-refractivity contribution in [1.82, 2.24) is 9.97 Å². The molecule has 0 radical (unpaired) electrons. The van der Waals surface area contributed by atoms with Crippen LogP contribution in [0.5, 0.6) is 11.5 Å². The average Bonchev–Trinajstić information content (AvgIpc) is 2.91. The standard InChI is InChI=1S/C31H48N2O2/c1-2-3-4-5-6-12-17-29(25-35-31-23-32-26-33-24-31)28-18-20-30(21-19-28)34-22-13-8-11-16-27-14-9-7-10-15-27/h18-21,23-24,26-27,29H,2-17,22,25H2,1H3. The number of rotatable bonds is 18. The molecule has 2 aromatic rings. The Labute approximate surface area is 214 Å². The average molecular weight is 481 g/mol. The van der Waals surface area contributed by atoms with Crippen molar-refractivity contribution in [3.05, 3.63) is 48.5 Å². The van der Waals surface area contributed by atoms with Crippen LogP contribution in [0.15, 0.2) is 43.0 Å². The molecule has 1 aromatic heterocycles. The number of nitrogens with zero attached hydrogens (tertiary/aromatic N) is 2. The first-order chi connectivity index (χ1) is 17.3. The summed E-state index contributed by atoms with van der Waals surface area (Å²) in [5.41, 5.74) is 1.33. The van der Waals surface area contributed by atoms with Crippen LogP contribution in [0.4, 0.5) is 0 Å². The number of aromatic nitrogens is 2. The van der Waals surface area contributed by atoms with Crippen molar-refractivity contribution >= 4 is 0 Å². The zero-order chi connectivity index (χ0) is 24.4. The second kappa shape index (κ2) is 17.3. The molecule has 1 fully saturated rings. The molecule has 0 saturated heterocycles. The Morgan fingerprint density at radius 2 is 1.49 bits per heavy atom. The van der Waals surface area contributed by atoms with Gasteiger partial charge >= 0.3 is 0 Å². The van der Waals surface area contributed by atoms with E-state index in [0.717, 1.165) is 36.9 Å². The summed E-state index contributed by atoms with van der Waals surface area (Å²) in [6, 6.07) is 8.73. The van der Waals surface area contributed by atoms with Crippen molar-refractivity contribution in [2.45, 2.75) is 116 Å². The molecule has 3 rings (SSSR count). The lowest BCUT2D eigenvalue weighted by atomic mass is 9.86. The summed E-state index contributed by atoms with van der Waals surface area (Å²) >= 11 is 0. The van der Waals surface area contributed by atoms with Crippen molar-refractivity contribution in [3.63, 3.8) is 0 Å². The van der Waals surface area contributed by atoms with Crippen LogP contribution in [0.25, 0.3) is 0 Å². The van der Waals surface area contributed by atoms with Gasteiger partial charge in [0, 0.05) is 5.92 Å². The van der Waals surface area contributed by atoms with Crippen LogP contribution < -0.4 is 9.47 Å². The molecule has 1 saturated carbocycles. The summed E-state index contributed by atoms with van der Waals surface area (Å²) < 4.78 is 12.1. The van der Waals surface area contributed by atoms with Crippen LogP contribution >= 0.6 is 0 Å². The van der Waals surface area contributed by atoms with E-state index in [1.807, 2.05) is 0 Å². The molecule has 1 heterocycles. The minimum Gasteiger partial charge on any atom is -0.494 e. The van der Waals surface area contributed by atoms with E-state index in [0.29, 0.717) is 12.5 Å². The summed E-state index contributed by atoms with van der Waals surface area (Å²) in [7, 11) is 0. The Kier molecular flexibility index (Phi) is 13.6. The zero-order valence-corrected chi connectivity index (χ0v) is 22.1. The topological polar surface area (TPSA) is 44.2 Å². The van der Waals surface area contributed by atoms with E-state index in [1.54, 1.807) is 12.4 Å². The minimum atomic E-state index is 0.371. The molecule has 0 spiro atoms. The molecular weight excluding hydrogens is 432 g/mol. The summed E-state index contributed by atoms with van der Waals surface area (Å²) in [5, 5.41) is 0. The number of unbranched alkanes of at least 4 members (excludes halogenated alkanes) is 7. The van der Waals surface area contributed by atoms with Crippen molar-refractivity contribution in [2.75, 3.05) is 13.2 Å². The molecule has 0 N–H and O–H groups in total. The molecular formula is C31H48N2O2. The Balaban J connectivity index is 1.39. The highest BCUT2D eigenvalue weighted by molar-refractivity contribution is 5.29. The first-order valence-corrected chi connectivity index (χ1v) is 14.5. The molecule has 1 aliphatic rings. The van der Waals surface area contributed by atoms with Gasteiger partial charge in [-0.3, -0.25) is 0 Å². The number of benzene rings is 1. The molecule has 1 atom stereocenters. The van der Waals surface area contributed by atoms with Gasteiger partial charge in [0.15, 0.2) is 5.75 Å². The van der Waals surface area contributed by atoms with Crippen LogP contribution in [0, 0.1) is 5.92 Å². The monoisotopic (exact) mass is 480 g/mol. The third-order valence-corrected chi connectivity index (χ3v) is 7.50. The first-order valence-electron chi connectivity index (χ1n) is 14.5. The van der Waals surface area contributed by atoms with E-state index in [-0.39, 0.29) is 0 Å². The number of hydrogen-bond donors (Lipinski definition) is 0. The normalized spacial score (nSPS) is 15.1. The largest absolute Gasteiger partial charge is 0.494 e. The van der Waals surface area contributed by atoms with E-state index in [2.05, 4.69) is 41.2 Å². The quantitative estimate of drug-likeness (QED) is 0.200. The molecule has 0 aliphatic heterocycles. The molecule has 1 aliphatic carbocycles. The molecule has 0 bridgehead atoms. The third kappa shape index (κ3) is 11.5. The summed E-state index contributed by atoms with van der Waals surface area (Å²) in [4.78, 5) is 8.14. The predicted molar refractivity (Wildman–Crippen MR) is 145 cm³/mol. The van der Waals surface area contributed by atoms with Crippen molar-refractivity contribution in [1.29, 1.82) is 0 Å². The van der Waals surface area contributed by atoms with Gasteiger partial charge in [0.25, 0.3) is 0 Å². The van der Waals surface area contributed by atoms with Crippen LogP contribution in [0.3, 0.4) is 0 Å². The first kappa shape index (κ1) is 27.5. The molecule has 35 heavy (non-hydrogen) atoms. The van der Waals surface area contributed by atoms with Gasteiger partial charge in [-0.15, -0.1) is 0 Å². The summed E-state index contributed by atoms with van der Waals surface area (Å²) in [5.74, 6) is 3.09. The van der Waals surface area contributed by atoms with Gasteiger partial charge in [0.2, 0.25) is 0 Å². The van der Waals surface area contributed by atoms with Crippen LogP contribution in [0.2, 0.25) is 0 Å². The fourth-order valence-electron chi connectivity index (χ4n) is 5.29. The fraction of sp³-hybridized carbons (Fsp3) is 0.677. The maximum Gasteiger partial charge on any atom is 0.155 e. The van der Waals surface area contributed by atoms with Gasteiger partial charge in [-0.2, -0.15) is 0 Å². The van der Waals surface area contributed by atoms with E-state index in [1.165, 1.54) is 102 Å². The predicted octanol–water partition coefficient (Wildman–Crippen LogP) is 8.91. The Morgan fingerprint density at radius 3 is 2.26 bits per heavy atom. The van der Waals surface area contributed by atoms with Gasteiger partial charge in [0.05, 0.1) is 25.6 Å². The highest BCUT2D eigenvalue weighted by Crippen LogP contribution is 2.28. The second-order valence-electron chi connectivity index (χ2n) is 10.4. The Bertz CT molecular complexity index is 759. The minimum absolute atomic E-state index is 0.371. The van der Waals surface area contributed by atoms with Gasteiger partial charge in [-0.1, -0.05) is 109 Å². The fourth-order valence-corrected chi connectivity index (χ4v) is 5.29. The number of ether oxygens (including phenoxy) is 2. The molecule has 0 amide bonds. The lowest BCUT2D eigenvalue weighted by Crippen LogP contribution is -2.11. The van der Waals surface area contributed by atoms with Gasteiger partial charge in [0.1, 0.15) is 12.1 Å². The van der Waals surface area contributed by atoms with Gasteiger partial charge in [-0.25, -0.2) is 9.97 Å². The maximum atomic E-state index is 6.05. The molecule has 4 nitrogen and oxygen atoms in total. The van der Waals surface area contributed by atoms with Crippen LogP contribution in [0.1, 0.15) is 121 Å². The third-order valence-electron chi connectivity index (χ3n) is 7.50. The van der Waals surface area contributed by atoms with Crippen LogP contribution in [-0.2, 0) is 0 Å². The summed E-state index contributed by atoms with van der Waals surface area (Å²) in [6.07, 6.45) is 26.5. The molecule has 194 valence electrons. The highest BCUT2D eigenvalue weighted by Gasteiger charge is 2.14. The Morgan fingerprint density at radius 1 is 0.771 bits per heavy atom. The maximum absolute atomic E-state index is 6.05. The SMILES string of the molecule is CCCCCCCCC(COc1cncnc1)c1ccc(OCCCCCC2CCCCC2)cc1.